The molecule has 98 valence electrons. The molecule has 1 aromatic heterocycles. The molecule has 5 nitrogen and oxygen atoms in total. The summed E-state index contributed by atoms with van der Waals surface area (Å²) >= 11 is 1.95. The molecule has 1 atom stereocenters. The van der Waals surface area contributed by atoms with Gasteiger partial charge in [-0.25, -0.2) is 10.8 Å². The van der Waals surface area contributed by atoms with Crippen LogP contribution in [0.5, 0.6) is 0 Å². The molecule has 1 aromatic rings. The first-order valence-electron chi connectivity index (χ1n) is 6.12. The van der Waals surface area contributed by atoms with Crippen LogP contribution < -0.4 is 16.6 Å². The third kappa shape index (κ3) is 3.61. The summed E-state index contributed by atoms with van der Waals surface area (Å²) in [7, 11) is 0. The minimum Gasteiger partial charge on any atom is -0.351 e. The average Bonchev–Trinajstić information content (AvgIpc) is 2.46. The van der Waals surface area contributed by atoms with Crippen LogP contribution >= 0.6 is 11.8 Å². The molecule has 0 radical (unpaired) electrons. The van der Waals surface area contributed by atoms with Crippen LogP contribution in [-0.2, 0) is 0 Å². The Morgan fingerprint density at radius 2 is 2.39 bits per heavy atom. The smallest absolute Gasteiger partial charge is 0.252 e. The maximum atomic E-state index is 11.9. The first-order valence-corrected chi connectivity index (χ1v) is 7.17. The summed E-state index contributed by atoms with van der Waals surface area (Å²) in [5.41, 5.74) is 3.00. The number of thioether (sulfide) groups is 1. The Bertz CT molecular complexity index is 390. The highest BCUT2D eigenvalue weighted by atomic mass is 32.2. The van der Waals surface area contributed by atoms with Gasteiger partial charge in [-0.15, -0.1) is 0 Å². The van der Waals surface area contributed by atoms with Gasteiger partial charge in [-0.3, -0.25) is 4.79 Å². The maximum absolute atomic E-state index is 11.9. The zero-order valence-corrected chi connectivity index (χ0v) is 11.0. The molecule has 1 fully saturated rings. The van der Waals surface area contributed by atoms with Crippen LogP contribution in [0.1, 0.15) is 29.6 Å². The van der Waals surface area contributed by atoms with Crippen LogP contribution in [-0.4, -0.2) is 28.4 Å². The Morgan fingerprint density at radius 3 is 3.00 bits per heavy atom. The van der Waals surface area contributed by atoms with E-state index in [1.54, 1.807) is 12.1 Å². The molecule has 1 aliphatic rings. The zero-order chi connectivity index (χ0) is 12.8. The van der Waals surface area contributed by atoms with Crippen molar-refractivity contribution in [2.75, 3.05) is 17.7 Å². The quantitative estimate of drug-likeness (QED) is 0.567. The number of hydrogen-bond donors (Lipinski definition) is 3. The third-order valence-electron chi connectivity index (χ3n) is 2.94. The standard InChI is InChI=1S/C12H18N4OS/c13-16-11-5-4-9(7-14-11)12(17)15-8-10-3-1-2-6-18-10/h4-5,7,10H,1-3,6,8,13H2,(H,14,16)(H,15,17). The monoisotopic (exact) mass is 266 g/mol. The minimum atomic E-state index is -0.0720. The molecule has 1 aliphatic heterocycles. The molecule has 0 aromatic carbocycles. The van der Waals surface area contributed by atoms with Crippen molar-refractivity contribution in [1.29, 1.82) is 0 Å². The summed E-state index contributed by atoms with van der Waals surface area (Å²) < 4.78 is 0. The Morgan fingerprint density at radius 1 is 1.50 bits per heavy atom. The fourth-order valence-corrected chi connectivity index (χ4v) is 3.13. The van der Waals surface area contributed by atoms with Crippen molar-refractivity contribution in [1.82, 2.24) is 10.3 Å². The number of anilines is 1. The molecule has 4 N–H and O–H groups in total. The Labute approximate surface area is 111 Å². The number of nitrogens with two attached hydrogens (primary N) is 1. The van der Waals surface area contributed by atoms with Crippen molar-refractivity contribution in [2.45, 2.75) is 24.5 Å². The van der Waals surface area contributed by atoms with Crippen LogP contribution in [0.2, 0.25) is 0 Å². The molecule has 0 aliphatic carbocycles. The van der Waals surface area contributed by atoms with Crippen molar-refractivity contribution in [3.05, 3.63) is 23.9 Å². The second-order valence-corrected chi connectivity index (χ2v) is 5.68. The lowest BCUT2D eigenvalue weighted by Gasteiger charge is -2.21. The lowest BCUT2D eigenvalue weighted by Crippen LogP contribution is -2.32. The van der Waals surface area contributed by atoms with E-state index in [1.165, 1.54) is 31.2 Å². The van der Waals surface area contributed by atoms with E-state index >= 15 is 0 Å². The highest BCUT2D eigenvalue weighted by Gasteiger charge is 2.15. The number of rotatable bonds is 4. The molecule has 0 spiro atoms. The van der Waals surface area contributed by atoms with E-state index in [1.807, 2.05) is 11.8 Å². The summed E-state index contributed by atoms with van der Waals surface area (Å²) in [4.78, 5) is 15.9. The Kier molecular flexibility index (Phi) is 4.83. The molecule has 2 heterocycles. The predicted octanol–water partition coefficient (Wildman–Crippen LogP) is 1.38. The van der Waals surface area contributed by atoms with Gasteiger partial charge in [0.2, 0.25) is 0 Å². The van der Waals surface area contributed by atoms with Gasteiger partial charge in [-0.05, 0) is 30.7 Å². The van der Waals surface area contributed by atoms with Crippen LogP contribution in [0.15, 0.2) is 18.3 Å². The number of nitrogen functional groups attached to an aromatic ring is 1. The normalized spacial score (nSPS) is 19.3. The number of amides is 1. The number of pyridine rings is 1. The average molecular weight is 266 g/mol. The fraction of sp³-hybridized carbons (Fsp3) is 0.500. The second kappa shape index (κ2) is 6.61. The summed E-state index contributed by atoms with van der Waals surface area (Å²) in [5, 5.41) is 3.51. The number of nitrogens with zero attached hydrogens (tertiary/aromatic N) is 1. The summed E-state index contributed by atoms with van der Waals surface area (Å²) in [6.45, 7) is 0.736. The number of nitrogens with one attached hydrogen (secondary N) is 2. The van der Waals surface area contributed by atoms with Crippen LogP contribution in [0.25, 0.3) is 0 Å². The van der Waals surface area contributed by atoms with Crippen molar-refractivity contribution in [3.8, 4) is 0 Å². The lowest BCUT2D eigenvalue weighted by atomic mass is 10.2. The van der Waals surface area contributed by atoms with Gasteiger partial charge >= 0.3 is 0 Å². The zero-order valence-electron chi connectivity index (χ0n) is 10.2. The lowest BCUT2D eigenvalue weighted by molar-refractivity contribution is 0.0953. The molecule has 0 bridgehead atoms. The van der Waals surface area contributed by atoms with E-state index in [0.717, 1.165) is 6.54 Å². The molecule has 18 heavy (non-hydrogen) atoms. The molecule has 1 unspecified atom stereocenters. The van der Waals surface area contributed by atoms with Gasteiger partial charge in [-0.2, -0.15) is 11.8 Å². The third-order valence-corrected chi connectivity index (χ3v) is 4.34. The van der Waals surface area contributed by atoms with Gasteiger partial charge in [0.05, 0.1) is 5.56 Å². The first kappa shape index (κ1) is 13.2. The highest BCUT2D eigenvalue weighted by Crippen LogP contribution is 2.24. The van der Waals surface area contributed by atoms with Crippen LogP contribution in [0, 0.1) is 0 Å². The van der Waals surface area contributed by atoms with Gasteiger partial charge in [-0.1, -0.05) is 6.42 Å². The summed E-state index contributed by atoms with van der Waals surface area (Å²) in [6, 6.07) is 3.40. The minimum absolute atomic E-state index is 0.0720. The Balaban J connectivity index is 1.82. The van der Waals surface area contributed by atoms with E-state index in [0.29, 0.717) is 16.6 Å². The van der Waals surface area contributed by atoms with E-state index in [9.17, 15) is 4.79 Å². The number of hydrazine groups is 1. The number of carbonyl (C=O) groups excluding carboxylic acids is 1. The van der Waals surface area contributed by atoms with Crippen molar-refractivity contribution >= 4 is 23.5 Å². The van der Waals surface area contributed by atoms with Crippen LogP contribution in [0.3, 0.4) is 0 Å². The molecule has 0 saturated carbocycles. The summed E-state index contributed by atoms with van der Waals surface area (Å²) in [5.74, 6) is 6.90. The molecule has 1 amide bonds. The molecular weight excluding hydrogens is 248 g/mol. The fourth-order valence-electron chi connectivity index (χ4n) is 1.89. The summed E-state index contributed by atoms with van der Waals surface area (Å²) in [6.07, 6.45) is 5.29. The topological polar surface area (TPSA) is 80.0 Å². The van der Waals surface area contributed by atoms with Crippen molar-refractivity contribution in [2.24, 2.45) is 5.84 Å². The SMILES string of the molecule is NNc1ccc(C(=O)NCC2CCCCS2)cn1. The van der Waals surface area contributed by atoms with Gasteiger partial charge < -0.3 is 10.7 Å². The molecule has 6 heteroatoms. The largest absolute Gasteiger partial charge is 0.351 e. The van der Waals surface area contributed by atoms with E-state index in [-0.39, 0.29) is 5.91 Å². The van der Waals surface area contributed by atoms with Crippen molar-refractivity contribution in [3.63, 3.8) is 0 Å². The van der Waals surface area contributed by atoms with E-state index in [4.69, 9.17) is 5.84 Å². The second-order valence-electron chi connectivity index (χ2n) is 4.28. The maximum Gasteiger partial charge on any atom is 0.252 e. The molecular formula is C12H18N4OS. The van der Waals surface area contributed by atoms with E-state index in [2.05, 4.69) is 15.7 Å². The molecule has 2 rings (SSSR count). The number of hydrogen-bond acceptors (Lipinski definition) is 5. The Hall–Kier alpha value is -1.27. The highest BCUT2D eigenvalue weighted by molar-refractivity contribution is 7.99. The van der Waals surface area contributed by atoms with Gasteiger partial charge in [0.15, 0.2) is 0 Å². The molecule has 1 saturated heterocycles. The van der Waals surface area contributed by atoms with Crippen molar-refractivity contribution < 1.29 is 4.79 Å². The first-order chi connectivity index (χ1) is 8.79. The van der Waals surface area contributed by atoms with Gasteiger partial charge in [0.1, 0.15) is 5.82 Å². The van der Waals surface area contributed by atoms with Gasteiger partial charge in [0.25, 0.3) is 5.91 Å². The number of carbonyl (C=O) groups is 1. The number of aromatic nitrogens is 1. The predicted molar refractivity (Wildman–Crippen MR) is 74.5 cm³/mol. The van der Waals surface area contributed by atoms with Gasteiger partial charge in [0, 0.05) is 18.0 Å². The van der Waals surface area contributed by atoms with Crippen LogP contribution in [0.4, 0.5) is 5.82 Å². The van der Waals surface area contributed by atoms with E-state index < -0.39 is 0 Å².